The normalized spacial score (nSPS) is 15.7. The lowest BCUT2D eigenvalue weighted by Gasteiger charge is -2.46. The summed E-state index contributed by atoms with van der Waals surface area (Å²) in [6.45, 7) is 5.88. The quantitative estimate of drug-likeness (QED) is 0.343. The minimum absolute atomic E-state index is 0.0506. The van der Waals surface area contributed by atoms with Crippen molar-refractivity contribution in [1.82, 2.24) is 0 Å². The second-order valence-corrected chi connectivity index (χ2v) is 6.44. The predicted molar refractivity (Wildman–Crippen MR) is 72.9 cm³/mol. The van der Waals surface area contributed by atoms with Crippen molar-refractivity contribution in [1.29, 1.82) is 0 Å². The zero-order valence-electron chi connectivity index (χ0n) is 13.6. The summed E-state index contributed by atoms with van der Waals surface area (Å²) in [5.74, 6) is -14.9. The van der Waals surface area contributed by atoms with Crippen molar-refractivity contribution in [3.63, 3.8) is 0 Å². The lowest BCUT2D eigenvalue weighted by Crippen LogP contribution is -2.53. The van der Waals surface area contributed by atoms with Gasteiger partial charge >= 0.3 is 0 Å². The minimum atomic E-state index is -3.72. The maximum Gasteiger partial charge on any atom is 0.262 e. The molecule has 0 amide bonds. The van der Waals surface area contributed by atoms with Crippen LogP contribution in [0.1, 0.15) is 53.0 Å². The molecule has 23 heavy (non-hydrogen) atoms. The number of halogens is 7. The summed E-state index contributed by atoms with van der Waals surface area (Å²) in [7, 11) is 0. The molecule has 7 heteroatoms. The first kappa shape index (κ1) is 19.8. The van der Waals surface area contributed by atoms with Gasteiger partial charge in [-0.3, -0.25) is 0 Å². The van der Waals surface area contributed by atoms with Gasteiger partial charge in [0, 0.05) is 11.0 Å². The van der Waals surface area contributed by atoms with Gasteiger partial charge in [-0.25, -0.2) is 30.7 Å². The van der Waals surface area contributed by atoms with Gasteiger partial charge < -0.3 is 0 Å². The maximum atomic E-state index is 15.0. The van der Waals surface area contributed by atoms with Gasteiger partial charge in [0.25, 0.3) is 5.92 Å². The first-order valence-corrected chi connectivity index (χ1v) is 7.19. The van der Waals surface area contributed by atoms with Crippen LogP contribution in [0.2, 0.25) is 0 Å². The third-order valence-electron chi connectivity index (χ3n) is 4.90. The van der Waals surface area contributed by atoms with Gasteiger partial charge in [-0.05, 0) is 19.8 Å². The van der Waals surface area contributed by atoms with E-state index in [-0.39, 0.29) is 6.42 Å². The number of rotatable bonds is 5. The van der Waals surface area contributed by atoms with Crippen molar-refractivity contribution in [3.8, 4) is 0 Å². The van der Waals surface area contributed by atoms with E-state index in [4.69, 9.17) is 0 Å². The molecule has 132 valence electrons. The molecule has 0 aromatic heterocycles. The summed E-state index contributed by atoms with van der Waals surface area (Å²) >= 11 is 0. The Kier molecular flexibility index (Phi) is 5.14. The van der Waals surface area contributed by atoms with Crippen LogP contribution in [-0.4, -0.2) is 5.92 Å². The molecule has 1 rings (SSSR count). The highest BCUT2D eigenvalue weighted by Gasteiger charge is 2.60. The number of hydrogen-bond donors (Lipinski definition) is 0. The van der Waals surface area contributed by atoms with Crippen LogP contribution in [-0.2, 0) is 5.41 Å². The Bertz CT molecular complexity index is 578. The average molecular weight is 344 g/mol. The van der Waals surface area contributed by atoms with E-state index in [0.717, 1.165) is 6.92 Å². The van der Waals surface area contributed by atoms with Crippen molar-refractivity contribution in [2.24, 2.45) is 5.41 Å². The maximum absolute atomic E-state index is 15.0. The monoisotopic (exact) mass is 344 g/mol. The Morgan fingerprint density at radius 3 is 1.30 bits per heavy atom. The average Bonchev–Trinajstić information content (AvgIpc) is 2.50. The van der Waals surface area contributed by atoms with Crippen LogP contribution < -0.4 is 0 Å². The van der Waals surface area contributed by atoms with Gasteiger partial charge in [0.05, 0.1) is 5.41 Å². The molecule has 0 spiro atoms. The second kappa shape index (κ2) is 5.98. The third-order valence-corrected chi connectivity index (χ3v) is 4.90. The SMILES string of the molecule is CCC(C)(C)C(F)(F)C(C)(CC)c1c(F)c(F)c(F)c(F)c1F. The largest absolute Gasteiger partial charge is 0.262 e. The van der Waals surface area contributed by atoms with E-state index < -0.39 is 57.8 Å². The lowest BCUT2D eigenvalue weighted by atomic mass is 9.64. The Labute approximate surface area is 130 Å². The van der Waals surface area contributed by atoms with Gasteiger partial charge in [-0.1, -0.05) is 27.7 Å². The highest BCUT2D eigenvalue weighted by molar-refractivity contribution is 5.34. The highest BCUT2D eigenvalue weighted by Crippen LogP contribution is 2.54. The van der Waals surface area contributed by atoms with Crippen LogP contribution in [0.25, 0.3) is 0 Å². The predicted octanol–water partition coefficient (Wildman–Crippen LogP) is 6.12. The molecule has 0 aliphatic heterocycles. The number of hydrogen-bond acceptors (Lipinski definition) is 0. The van der Waals surface area contributed by atoms with Crippen LogP contribution in [0.3, 0.4) is 0 Å². The van der Waals surface area contributed by atoms with E-state index in [2.05, 4.69) is 0 Å². The molecular formula is C16H19F7. The first-order chi connectivity index (χ1) is 10.3. The molecule has 0 bridgehead atoms. The molecule has 0 aliphatic carbocycles. The molecule has 0 fully saturated rings. The minimum Gasteiger partial charge on any atom is -0.205 e. The fraction of sp³-hybridized carbons (Fsp3) is 0.625. The van der Waals surface area contributed by atoms with Crippen molar-refractivity contribution in [3.05, 3.63) is 34.6 Å². The molecule has 1 unspecified atom stereocenters. The topological polar surface area (TPSA) is 0 Å². The Morgan fingerprint density at radius 2 is 1.00 bits per heavy atom. The Hall–Kier alpha value is -1.27. The van der Waals surface area contributed by atoms with E-state index in [1.54, 1.807) is 0 Å². The standard InChI is InChI=1S/C16H19F7/c1-6-14(3,4)16(22,23)15(5,7-2)8-9(17)11(19)13(21)12(20)10(8)18/h6-7H2,1-5H3. The molecule has 0 saturated carbocycles. The summed E-state index contributed by atoms with van der Waals surface area (Å²) in [6, 6.07) is 0. The lowest BCUT2D eigenvalue weighted by molar-refractivity contribution is -0.165. The van der Waals surface area contributed by atoms with Crippen molar-refractivity contribution in [2.75, 3.05) is 0 Å². The van der Waals surface area contributed by atoms with Gasteiger partial charge in [0.2, 0.25) is 5.82 Å². The number of benzene rings is 1. The van der Waals surface area contributed by atoms with Crippen LogP contribution in [0.4, 0.5) is 30.7 Å². The van der Waals surface area contributed by atoms with E-state index in [9.17, 15) is 30.7 Å². The smallest absolute Gasteiger partial charge is 0.205 e. The molecule has 0 N–H and O–H groups in total. The van der Waals surface area contributed by atoms with Crippen molar-refractivity contribution in [2.45, 2.75) is 58.8 Å². The van der Waals surface area contributed by atoms with Gasteiger partial charge in [-0.15, -0.1) is 0 Å². The van der Waals surface area contributed by atoms with Crippen LogP contribution in [0.5, 0.6) is 0 Å². The summed E-state index contributed by atoms with van der Waals surface area (Å²) in [4.78, 5) is 0. The molecule has 0 radical (unpaired) electrons. The van der Waals surface area contributed by atoms with Crippen molar-refractivity contribution < 1.29 is 30.7 Å². The van der Waals surface area contributed by atoms with E-state index >= 15 is 0 Å². The molecule has 1 aromatic carbocycles. The molecule has 1 aromatic rings. The summed E-state index contributed by atoms with van der Waals surface area (Å²) in [5, 5.41) is 0. The summed E-state index contributed by atoms with van der Waals surface area (Å²) in [6.07, 6.45) is -0.563. The zero-order chi connectivity index (χ0) is 18.4. The highest BCUT2D eigenvalue weighted by atomic mass is 19.3. The molecule has 1 atom stereocenters. The third kappa shape index (κ3) is 2.62. The van der Waals surface area contributed by atoms with Gasteiger partial charge in [0.15, 0.2) is 23.3 Å². The van der Waals surface area contributed by atoms with E-state index in [0.29, 0.717) is 0 Å². The van der Waals surface area contributed by atoms with Crippen LogP contribution >= 0.6 is 0 Å². The van der Waals surface area contributed by atoms with Crippen LogP contribution in [0.15, 0.2) is 0 Å². The van der Waals surface area contributed by atoms with Gasteiger partial charge in [0.1, 0.15) is 0 Å². The number of alkyl halides is 2. The fourth-order valence-corrected chi connectivity index (χ4v) is 2.61. The Morgan fingerprint density at radius 1 is 0.652 bits per heavy atom. The molecule has 0 heterocycles. The summed E-state index contributed by atoms with van der Waals surface area (Å²) in [5.41, 5.74) is -5.74. The second-order valence-electron chi connectivity index (χ2n) is 6.44. The molecule has 0 nitrogen and oxygen atoms in total. The Balaban J connectivity index is 3.84. The summed E-state index contributed by atoms with van der Waals surface area (Å²) < 4.78 is 98.1. The first-order valence-electron chi connectivity index (χ1n) is 7.19. The molecule has 0 saturated heterocycles. The zero-order valence-corrected chi connectivity index (χ0v) is 13.6. The van der Waals surface area contributed by atoms with Gasteiger partial charge in [-0.2, -0.15) is 0 Å². The molecular weight excluding hydrogens is 325 g/mol. The van der Waals surface area contributed by atoms with E-state index in [1.165, 1.54) is 27.7 Å². The fourth-order valence-electron chi connectivity index (χ4n) is 2.61. The van der Waals surface area contributed by atoms with Crippen molar-refractivity contribution >= 4 is 0 Å². The van der Waals surface area contributed by atoms with E-state index in [1.807, 2.05) is 0 Å². The molecule has 0 aliphatic rings. The van der Waals surface area contributed by atoms with Crippen LogP contribution in [0, 0.1) is 34.5 Å².